The largest absolute Gasteiger partial charge is 0.321 e. The van der Waals surface area contributed by atoms with Crippen molar-refractivity contribution in [1.82, 2.24) is 14.9 Å². The van der Waals surface area contributed by atoms with Crippen molar-refractivity contribution in [2.45, 2.75) is 26.2 Å². The molecule has 1 saturated heterocycles. The fraction of sp³-hybridized carbons (Fsp3) is 0.450. The number of rotatable bonds is 5. The standard InChI is InChI=1S/C20H26N4O/c1-15-14-24(2)12-9-17(15)6-3-16-4-7-18(8-5-16)23-20(25)19-13-21-10-11-22-19/h4-5,7-8,10-11,13,15,17H,3,6,9,12,14H2,1-2H3,(H,23,25)/t15-,17+/m1/s1. The summed E-state index contributed by atoms with van der Waals surface area (Å²) < 4.78 is 0. The van der Waals surface area contributed by atoms with E-state index in [-0.39, 0.29) is 5.91 Å². The van der Waals surface area contributed by atoms with Crippen LogP contribution in [0.2, 0.25) is 0 Å². The van der Waals surface area contributed by atoms with E-state index in [1.54, 1.807) is 6.20 Å². The highest BCUT2D eigenvalue weighted by atomic mass is 16.1. The number of anilines is 1. The van der Waals surface area contributed by atoms with Gasteiger partial charge in [-0.2, -0.15) is 0 Å². The molecule has 0 bridgehead atoms. The van der Waals surface area contributed by atoms with Gasteiger partial charge in [0.25, 0.3) is 5.91 Å². The van der Waals surface area contributed by atoms with Gasteiger partial charge >= 0.3 is 0 Å². The van der Waals surface area contributed by atoms with Crippen LogP contribution >= 0.6 is 0 Å². The van der Waals surface area contributed by atoms with Crippen molar-refractivity contribution in [3.63, 3.8) is 0 Å². The van der Waals surface area contributed by atoms with Crippen LogP contribution in [-0.4, -0.2) is 40.9 Å². The van der Waals surface area contributed by atoms with E-state index in [4.69, 9.17) is 0 Å². The van der Waals surface area contributed by atoms with E-state index in [2.05, 4.69) is 46.3 Å². The topological polar surface area (TPSA) is 58.1 Å². The van der Waals surface area contributed by atoms with Crippen molar-refractivity contribution >= 4 is 11.6 Å². The molecule has 1 aromatic carbocycles. The maximum absolute atomic E-state index is 12.1. The number of hydrogen-bond donors (Lipinski definition) is 1. The fourth-order valence-corrected chi connectivity index (χ4v) is 3.55. The van der Waals surface area contributed by atoms with Crippen LogP contribution in [-0.2, 0) is 6.42 Å². The van der Waals surface area contributed by atoms with E-state index in [1.165, 1.54) is 43.9 Å². The van der Waals surface area contributed by atoms with Crippen LogP contribution in [0.25, 0.3) is 0 Å². The lowest BCUT2D eigenvalue weighted by Crippen LogP contribution is -2.36. The van der Waals surface area contributed by atoms with Crippen LogP contribution in [0.3, 0.4) is 0 Å². The molecule has 1 N–H and O–H groups in total. The Morgan fingerprint density at radius 3 is 2.76 bits per heavy atom. The van der Waals surface area contributed by atoms with Crippen LogP contribution in [0, 0.1) is 11.8 Å². The van der Waals surface area contributed by atoms with Crippen molar-refractivity contribution in [2.75, 3.05) is 25.5 Å². The first kappa shape index (κ1) is 17.5. The van der Waals surface area contributed by atoms with Gasteiger partial charge in [0.05, 0.1) is 6.20 Å². The van der Waals surface area contributed by atoms with Crippen LogP contribution in [0.4, 0.5) is 5.69 Å². The molecular formula is C20H26N4O. The maximum atomic E-state index is 12.1. The quantitative estimate of drug-likeness (QED) is 0.909. The summed E-state index contributed by atoms with van der Waals surface area (Å²) in [6.45, 7) is 4.78. The highest BCUT2D eigenvalue weighted by Crippen LogP contribution is 2.27. The van der Waals surface area contributed by atoms with E-state index in [1.807, 2.05) is 12.1 Å². The minimum atomic E-state index is -0.235. The van der Waals surface area contributed by atoms with E-state index in [9.17, 15) is 4.79 Å². The van der Waals surface area contributed by atoms with Crippen LogP contribution < -0.4 is 5.32 Å². The number of nitrogens with one attached hydrogen (secondary N) is 1. The SMILES string of the molecule is C[C@@H]1CN(C)CC[C@@H]1CCc1ccc(NC(=O)c2cnccn2)cc1. The monoisotopic (exact) mass is 338 g/mol. The Kier molecular flexibility index (Phi) is 5.76. The average Bonchev–Trinajstić information content (AvgIpc) is 2.63. The Morgan fingerprint density at radius 1 is 1.28 bits per heavy atom. The summed E-state index contributed by atoms with van der Waals surface area (Å²) in [6, 6.07) is 8.13. The highest BCUT2D eigenvalue weighted by Gasteiger charge is 2.23. The van der Waals surface area contributed by atoms with Crippen LogP contribution in [0.1, 0.15) is 35.8 Å². The number of hydrogen-bond acceptors (Lipinski definition) is 4. The molecular weight excluding hydrogens is 312 g/mol. The van der Waals surface area contributed by atoms with Gasteiger partial charge < -0.3 is 10.2 Å². The lowest BCUT2D eigenvalue weighted by molar-refractivity contribution is 0.102. The first-order valence-electron chi connectivity index (χ1n) is 8.96. The second-order valence-corrected chi connectivity index (χ2v) is 7.07. The average molecular weight is 338 g/mol. The van der Waals surface area contributed by atoms with Crippen molar-refractivity contribution in [3.05, 3.63) is 54.1 Å². The molecule has 1 aliphatic rings. The van der Waals surface area contributed by atoms with Crippen molar-refractivity contribution < 1.29 is 4.79 Å². The molecule has 0 saturated carbocycles. The number of piperidine rings is 1. The summed E-state index contributed by atoms with van der Waals surface area (Å²) in [5.74, 6) is 1.34. The number of nitrogens with zero attached hydrogens (tertiary/aromatic N) is 3. The van der Waals surface area contributed by atoms with E-state index in [0.29, 0.717) is 5.69 Å². The minimum Gasteiger partial charge on any atom is -0.321 e. The summed E-state index contributed by atoms with van der Waals surface area (Å²) in [5.41, 5.74) is 2.43. The zero-order valence-corrected chi connectivity index (χ0v) is 15.0. The fourth-order valence-electron chi connectivity index (χ4n) is 3.55. The molecule has 1 amide bonds. The normalized spacial score (nSPS) is 21.0. The summed E-state index contributed by atoms with van der Waals surface area (Å²) in [5, 5.41) is 2.86. The highest BCUT2D eigenvalue weighted by molar-refractivity contribution is 6.02. The molecule has 1 fully saturated rings. The van der Waals surface area contributed by atoms with E-state index in [0.717, 1.165) is 23.9 Å². The molecule has 3 rings (SSSR count). The van der Waals surface area contributed by atoms with Crippen LogP contribution in [0.5, 0.6) is 0 Å². The Hall–Kier alpha value is -2.27. The second-order valence-electron chi connectivity index (χ2n) is 7.07. The third-order valence-corrected chi connectivity index (χ3v) is 5.10. The Labute approximate surface area is 149 Å². The van der Waals surface area contributed by atoms with Gasteiger partial charge in [0.15, 0.2) is 0 Å². The molecule has 132 valence electrons. The van der Waals surface area contributed by atoms with Crippen LogP contribution in [0.15, 0.2) is 42.9 Å². The van der Waals surface area contributed by atoms with Crippen molar-refractivity contribution in [2.24, 2.45) is 11.8 Å². The van der Waals surface area contributed by atoms with Gasteiger partial charge in [-0.15, -0.1) is 0 Å². The molecule has 5 heteroatoms. The Balaban J connectivity index is 1.51. The smallest absolute Gasteiger partial charge is 0.275 e. The molecule has 0 aliphatic carbocycles. The molecule has 0 unspecified atom stereocenters. The first-order chi connectivity index (χ1) is 12.1. The van der Waals surface area contributed by atoms with Gasteiger partial charge in [0, 0.05) is 24.6 Å². The summed E-state index contributed by atoms with van der Waals surface area (Å²) >= 11 is 0. The maximum Gasteiger partial charge on any atom is 0.275 e. The van der Waals surface area contributed by atoms with Gasteiger partial charge in [-0.1, -0.05) is 19.1 Å². The molecule has 2 heterocycles. The zero-order chi connectivity index (χ0) is 17.6. The minimum absolute atomic E-state index is 0.235. The Morgan fingerprint density at radius 2 is 2.08 bits per heavy atom. The molecule has 0 radical (unpaired) electrons. The van der Waals surface area contributed by atoms with Gasteiger partial charge in [-0.05, 0) is 62.4 Å². The second kappa shape index (κ2) is 8.21. The number of likely N-dealkylation sites (tertiary alicyclic amines) is 1. The van der Waals surface area contributed by atoms with Crippen molar-refractivity contribution in [3.8, 4) is 0 Å². The molecule has 1 aliphatic heterocycles. The number of carbonyl (C=O) groups is 1. The lowest BCUT2D eigenvalue weighted by atomic mass is 9.83. The molecule has 1 aromatic heterocycles. The number of aromatic nitrogens is 2. The third kappa shape index (κ3) is 4.86. The number of carbonyl (C=O) groups excluding carboxylic acids is 1. The first-order valence-corrected chi connectivity index (χ1v) is 8.96. The van der Waals surface area contributed by atoms with Gasteiger partial charge in [-0.3, -0.25) is 9.78 Å². The van der Waals surface area contributed by atoms with Crippen molar-refractivity contribution in [1.29, 1.82) is 0 Å². The van der Waals surface area contributed by atoms with Gasteiger partial charge in [0.1, 0.15) is 5.69 Å². The molecule has 2 aromatic rings. The number of benzene rings is 1. The van der Waals surface area contributed by atoms with Gasteiger partial charge in [-0.25, -0.2) is 4.98 Å². The third-order valence-electron chi connectivity index (χ3n) is 5.10. The number of aryl methyl sites for hydroxylation is 1. The predicted molar refractivity (Wildman–Crippen MR) is 99.5 cm³/mol. The Bertz CT molecular complexity index is 687. The van der Waals surface area contributed by atoms with Gasteiger partial charge in [0.2, 0.25) is 0 Å². The summed E-state index contributed by atoms with van der Waals surface area (Å²) in [6.07, 6.45) is 8.16. The molecule has 25 heavy (non-hydrogen) atoms. The molecule has 0 spiro atoms. The summed E-state index contributed by atoms with van der Waals surface area (Å²) in [4.78, 5) is 22.4. The predicted octanol–water partition coefficient (Wildman–Crippen LogP) is 3.25. The lowest BCUT2D eigenvalue weighted by Gasteiger charge is -2.34. The number of amides is 1. The van der Waals surface area contributed by atoms with E-state index >= 15 is 0 Å². The molecule has 2 atom stereocenters. The summed E-state index contributed by atoms with van der Waals surface area (Å²) in [7, 11) is 2.21. The van der Waals surface area contributed by atoms with E-state index < -0.39 is 0 Å². The molecule has 5 nitrogen and oxygen atoms in total. The zero-order valence-electron chi connectivity index (χ0n) is 15.0.